The molecule has 2 aliphatic rings. The van der Waals surface area contributed by atoms with Crippen molar-refractivity contribution in [1.29, 1.82) is 0 Å². The number of nitrogens with one attached hydrogen (secondary N) is 1. The number of hydrogen-bond acceptors (Lipinski definition) is 3. The van der Waals surface area contributed by atoms with E-state index in [2.05, 4.69) is 10.6 Å². The van der Waals surface area contributed by atoms with Crippen molar-refractivity contribution < 1.29 is 14.4 Å². The van der Waals surface area contributed by atoms with Gasteiger partial charge in [0.15, 0.2) is 0 Å². The summed E-state index contributed by atoms with van der Waals surface area (Å²) in [7, 11) is 0. The molecule has 111 valence electrons. The van der Waals surface area contributed by atoms with Gasteiger partial charge in [0.1, 0.15) is 5.54 Å². The molecule has 7 heteroatoms. The van der Waals surface area contributed by atoms with Crippen LogP contribution in [0.2, 0.25) is 0 Å². The van der Waals surface area contributed by atoms with Gasteiger partial charge in [-0.2, -0.15) is 0 Å². The number of likely N-dealkylation sites (tertiary alicyclic amines) is 1. The third-order valence-electron chi connectivity index (χ3n) is 4.05. The number of amides is 3. The maximum absolute atomic E-state index is 12.5. The van der Waals surface area contributed by atoms with Gasteiger partial charge < -0.3 is 16.0 Å². The van der Waals surface area contributed by atoms with Gasteiger partial charge in [-0.25, -0.2) is 5.32 Å². The van der Waals surface area contributed by atoms with Gasteiger partial charge in [-0.3, -0.25) is 14.4 Å². The normalized spacial score (nSPS) is 22.4. The van der Waals surface area contributed by atoms with Crippen molar-refractivity contribution in [3.8, 4) is 0 Å². The second kappa shape index (κ2) is 6.21. The Morgan fingerprint density at radius 2 is 2.00 bits per heavy atom. The smallest absolute Gasteiger partial charge is 0.246 e. The average Bonchev–Trinajstić information content (AvgIpc) is 2.46. The van der Waals surface area contributed by atoms with Gasteiger partial charge in [-0.15, -0.1) is 0 Å². The molecule has 20 heavy (non-hydrogen) atoms. The van der Waals surface area contributed by atoms with Crippen LogP contribution in [-0.2, 0) is 14.4 Å². The van der Waals surface area contributed by atoms with E-state index in [9.17, 15) is 14.4 Å². The molecule has 3 amide bonds. The Labute approximate surface area is 118 Å². The number of piperidine rings is 2. The number of hydrogen-bond donors (Lipinski definition) is 2. The minimum Gasteiger partial charge on any atom is -0.368 e. The lowest BCUT2D eigenvalue weighted by atomic mass is 9.83. The Kier molecular flexibility index (Phi) is 4.59. The molecule has 1 radical (unpaired) electrons. The second-order valence-corrected chi connectivity index (χ2v) is 5.35. The lowest BCUT2D eigenvalue weighted by Crippen LogP contribution is -2.65. The molecule has 0 aromatic heterocycles. The van der Waals surface area contributed by atoms with Crippen LogP contribution in [0.5, 0.6) is 0 Å². The molecule has 0 unspecified atom stereocenters. The molecule has 7 nitrogen and oxygen atoms in total. The quantitative estimate of drug-likeness (QED) is 0.671. The maximum Gasteiger partial charge on any atom is 0.246 e. The molecule has 2 fully saturated rings. The van der Waals surface area contributed by atoms with Crippen LogP contribution >= 0.6 is 0 Å². The van der Waals surface area contributed by atoms with E-state index >= 15 is 0 Å². The number of carbonyl (C=O) groups excluding carboxylic acids is 3. The van der Waals surface area contributed by atoms with Crippen molar-refractivity contribution in [1.82, 2.24) is 15.5 Å². The van der Waals surface area contributed by atoms with Crippen LogP contribution in [0.3, 0.4) is 0 Å². The van der Waals surface area contributed by atoms with Crippen LogP contribution in [0.25, 0.3) is 0 Å². The zero-order valence-corrected chi connectivity index (χ0v) is 11.6. The van der Waals surface area contributed by atoms with Gasteiger partial charge in [0, 0.05) is 26.1 Å². The Bertz CT molecular complexity index is 404. The first-order valence-corrected chi connectivity index (χ1v) is 7.06. The summed E-state index contributed by atoms with van der Waals surface area (Å²) in [6, 6.07) is 0. The Hall–Kier alpha value is -1.63. The third-order valence-corrected chi connectivity index (χ3v) is 4.05. The summed E-state index contributed by atoms with van der Waals surface area (Å²) < 4.78 is 0. The monoisotopic (exact) mass is 281 g/mol. The first-order valence-electron chi connectivity index (χ1n) is 7.06. The molecule has 2 rings (SSSR count). The van der Waals surface area contributed by atoms with E-state index in [1.807, 2.05) is 0 Å². The molecule has 0 aliphatic carbocycles. The largest absolute Gasteiger partial charge is 0.368 e. The Balaban J connectivity index is 2.17. The van der Waals surface area contributed by atoms with Gasteiger partial charge in [0.2, 0.25) is 17.7 Å². The lowest BCUT2D eigenvalue weighted by Gasteiger charge is -2.46. The lowest BCUT2D eigenvalue weighted by molar-refractivity contribution is -0.152. The van der Waals surface area contributed by atoms with Gasteiger partial charge in [-0.1, -0.05) is 0 Å². The zero-order valence-electron chi connectivity index (χ0n) is 11.6. The molecular weight excluding hydrogens is 260 g/mol. The summed E-state index contributed by atoms with van der Waals surface area (Å²) in [6.07, 6.45) is 3.31. The van der Waals surface area contributed by atoms with Gasteiger partial charge >= 0.3 is 0 Å². The molecule has 0 spiro atoms. The van der Waals surface area contributed by atoms with Crippen molar-refractivity contribution >= 4 is 17.7 Å². The molecule has 3 N–H and O–H groups in total. The van der Waals surface area contributed by atoms with E-state index in [1.54, 1.807) is 4.90 Å². The molecule has 2 saturated heterocycles. The molecule has 0 aromatic rings. The maximum atomic E-state index is 12.5. The van der Waals surface area contributed by atoms with E-state index < -0.39 is 11.4 Å². The number of rotatable bonds is 4. The highest BCUT2D eigenvalue weighted by atomic mass is 16.2. The van der Waals surface area contributed by atoms with Crippen molar-refractivity contribution in [3.05, 3.63) is 0 Å². The van der Waals surface area contributed by atoms with Gasteiger partial charge in [0.25, 0.3) is 0 Å². The van der Waals surface area contributed by atoms with Gasteiger partial charge in [0.05, 0.1) is 6.54 Å². The summed E-state index contributed by atoms with van der Waals surface area (Å²) in [4.78, 5) is 37.2. The summed E-state index contributed by atoms with van der Waals surface area (Å²) in [6.45, 7) is 1.53. The van der Waals surface area contributed by atoms with Crippen molar-refractivity contribution in [3.63, 3.8) is 0 Å². The average molecular weight is 281 g/mol. The minimum atomic E-state index is -0.852. The van der Waals surface area contributed by atoms with Gasteiger partial charge in [-0.05, 0) is 25.7 Å². The zero-order chi connectivity index (χ0) is 14.6. The van der Waals surface area contributed by atoms with E-state index in [1.165, 1.54) is 0 Å². The highest BCUT2D eigenvalue weighted by molar-refractivity contribution is 5.93. The summed E-state index contributed by atoms with van der Waals surface area (Å²) in [5.74, 6) is -0.840. The van der Waals surface area contributed by atoms with Crippen molar-refractivity contribution in [2.45, 2.75) is 37.6 Å². The van der Waals surface area contributed by atoms with E-state index in [-0.39, 0.29) is 18.4 Å². The van der Waals surface area contributed by atoms with E-state index in [0.29, 0.717) is 38.9 Å². The van der Waals surface area contributed by atoms with E-state index in [4.69, 9.17) is 5.73 Å². The number of nitrogens with two attached hydrogens (primary N) is 1. The first-order chi connectivity index (χ1) is 9.56. The van der Waals surface area contributed by atoms with E-state index in [0.717, 1.165) is 12.8 Å². The van der Waals surface area contributed by atoms with Crippen molar-refractivity contribution in [2.24, 2.45) is 5.73 Å². The Morgan fingerprint density at radius 1 is 1.30 bits per heavy atom. The molecule has 0 saturated carbocycles. The molecule has 0 bridgehead atoms. The fourth-order valence-corrected chi connectivity index (χ4v) is 2.97. The van der Waals surface area contributed by atoms with Crippen LogP contribution < -0.4 is 16.4 Å². The predicted octanol–water partition coefficient (Wildman–Crippen LogP) is -1.26. The van der Waals surface area contributed by atoms with Crippen LogP contribution in [0.1, 0.15) is 32.1 Å². The molecule has 0 atom stereocenters. The summed E-state index contributed by atoms with van der Waals surface area (Å²) in [5.41, 5.74) is 4.21. The minimum absolute atomic E-state index is 0.0207. The number of nitrogens with zero attached hydrogens (tertiary/aromatic N) is 2. The Morgan fingerprint density at radius 3 is 2.60 bits per heavy atom. The SMILES string of the molecule is NC(=O)CNC(=O)C1(N2CCCCC2=O)CC[N]CC1. The molecule has 2 heterocycles. The summed E-state index contributed by atoms with van der Waals surface area (Å²) in [5, 5.41) is 6.82. The highest BCUT2D eigenvalue weighted by Crippen LogP contribution is 2.30. The highest BCUT2D eigenvalue weighted by Gasteiger charge is 2.47. The molecular formula is C13H21N4O3. The number of primary amides is 1. The first kappa shape index (κ1) is 14.8. The number of carbonyl (C=O) groups is 3. The van der Waals surface area contributed by atoms with Crippen molar-refractivity contribution in [2.75, 3.05) is 26.2 Å². The molecule has 2 aliphatic heterocycles. The van der Waals surface area contributed by atoms with Crippen LogP contribution in [0, 0.1) is 0 Å². The van der Waals surface area contributed by atoms with Crippen LogP contribution in [0.4, 0.5) is 0 Å². The van der Waals surface area contributed by atoms with Crippen LogP contribution in [0.15, 0.2) is 0 Å². The molecule has 0 aromatic carbocycles. The second-order valence-electron chi connectivity index (χ2n) is 5.35. The van der Waals surface area contributed by atoms with Crippen LogP contribution in [-0.4, -0.2) is 54.3 Å². The fraction of sp³-hybridized carbons (Fsp3) is 0.769. The summed E-state index contributed by atoms with van der Waals surface area (Å²) >= 11 is 0. The topological polar surface area (TPSA) is 107 Å². The standard InChI is InChI=1S/C13H21N4O3/c14-10(18)9-16-12(20)13(4-6-15-7-5-13)17-8-2-1-3-11(17)19/h1-9H2,(H2,14,18)(H,16,20). The fourth-order valence-electron chi connectivity index (χ4n) is 2.97. The third kappa shape index (κ3) is 2.92. The predicted molar refractivity (Wildman–Crippen MR) is 71.6 cm³/mol.